The van der Waals surface area contributed by atoms with Crippen LogP contribution in [0, 0.1) is 0 Å². The smallest absolute Gasteiger partial charge is 0.329 e. The van der Waals surface area contributed by atoms with Gasteiger partial charge in [0.25, 0.3) is 5.56 Å². The number of carbonyl (C=O) groups is 1. The standard InChI is InChI=1S/C18H21N3O4/c22-16(20-9-10-25-15-8-4-3-7-14(15)20)11-21-13-6-2-1-5-12(13)17(23)19-18(21)24/h1-2,5-6,14-15H,3-4,7-11H2,(H,19,23,24)/t14-,15+/m0/s1. The third-order valence-corrected chi connectivity index (χ3v) is 5.25. The van der Waals surface area contributed by atoms with Crippen molar-refractivity contribution in [2.75, 3.05) is 13.2 Å². The van der Waals surface area contributed by atoms with E-state index in [1.165, 1.54) is 4.57 Å². The lowest BCUT2D eigenvalue weighted by Gasteiger charge is -2.43. The second-order valence-corrected chi connectivity index (χ2v) is 6.71. The van der Waals surface area contributed by atoms with Crippen LogP contribution in [0.4, 0.5) is 0 Å². The minimum absolute atomic E-state index is 0.0701. The Hall–Kier alpha value is -2.41. The van der Waals surface area contributed by atoms with Crippen molar-refractivity contribution in [1.82, 2.24) is 14.5 Å². The van der Waals surface area contributed by atoms with Crippen LogP contribution < -0.4 is 11.2 Å². The summed E-state index contributed by atoms with van der Waals surface area (Å²) in [4.78, 5) is 41.3. The minimum Gasteiger partial charge on any atom is -0.374 e. The Morgan fingerprint density at radius 1 is 1.20 bits per heavy atom. The van der Waals surface area contributed by atoms with Gasteiger partial charge in [0.1, 0.15) is 6.54 Å². The van der Waals surface area contributed by atoms with Crippen LogP contribution in [0.3, 0.4) is 0 Å². The Labute approximate surface area is 144 Å². The number of para-hydroxylation sites is 1. The average molecular weight is 343 g/mol. The molecule has 25 heavy (non-hydrogen) atoms. The van der Waals surface area contributed by atoms with Crippen molar-refractivity contribution < 1.29 is 9.53 Å². The lowest BCUT2D eigenvalue weighted by Crippen LogP contribution is -2.56. The molecule has 0 radical (unpaired) electrons. The number of aromatic amines is 1. The van der Waals surface area contributed by atoms with Gasteiger partial charge in [-0.2, -0.15) is 0 Å². The average Bonchev–Trinajstić information content (AvgIpc) is 2.64. The van der Waals surface area contributed by atoms with E-state index in [2.05, 4.69) is 4.98 Å². The summed E-state index contributed by atoms with van der Waals surface area (Å²) in [5, 5.41) is 0.410. The van der Waals surface area contributed by atoms with Crippen LogP contribution in [-0.4, -0.2) is 45.7 Å². The zero-order valence-corrected chi connectivity index (χ0v) is 13.9. The third-order valence-electron chi connectivity index (χ3n) is 5.25. The van der Waals surface area contributed by atoms with Gasteiger partial charge in [-0.1, -0.05) is 25.0 Å². The zero-order chi connectivity index (χ0) is 17.4. The molecule has 0 unspecified atom stereocenters. The number of hydrogen-bond acceptors (Lipinski definition) is 4. The van der Waals surface area contributed by atoms with Gasteiger partial charge in [-0.05, 0) is 25.0 Å². The number of nitrogens with zero attached hydrogens (tertiary/aromatic N) is 2. The first-order valence-electron chi connectivity index (χ1n) is 8.78. The molecule has 2 aromatic rings. The highest BCUT2D eigenvalue weighted by Crippen LogP contribution is 2.28. The number of ether oxygens (including phenoxy) is 1. The summed E-state index contributed by atoms with van der Waals surface area (Å²) in [6.07, 6.45) is 4.26. The molecule has 7 nitrogen and oxygen atoms in total. The van der Waals surface area contributed by atoms with Crippen LogP contribution >= 0.6 is 0 Å². The van der Waals surface area contributed by atoms with E-state index < -0.39 is 11.2 Å². The van der Waals surface area contributed by atoms with E-state index in [4.69, 9.17) is 4.74 Å². The number of H-pyrrole nitrogens is 1. The van der Waals surface area contributed by atoms with Crippen molar-refractivity contribution in [1.29, 1.82) is 0 Å². The summed E-state index contributed by atoms with van der Waals surface area (Å²) in [5.41, 5.74) is -0.494. The second-order valence-electron chi connectivity index (χ2n) is 6.71. The van der Waals surface area contributed by atoms with Crippen LogP contribution in [-0.2, 0) is 16.1 Å². The van der Waals surface area contributed by atoms with E-state index in [0.717, 1.165) is 25.7 Å². The molecule has 1 aliphatic heterocycles. The van der Waals surface area contributed by atoms with Crippen LogP contribution in [0.25, 0.3) is 10.9 Å². The van der Waals surface area contributed by atoms with Crippen LogP contribution in [0.5, 0.6) is 0 Å². The second kappa shape index (κ2) is 6.48. The van der Waals surface area contributed by atoms with E-state index in [9.17, 15) is 14.4 Å². The topological polar surface area (TPSA) is 84.4 Å². The molecule has 1 aliphatic carbocycles. The number of morpholine rings is 1. The molecule has 1 amide bonds. The summed E-state index contributed by atoms with van der Waals surface area (Å²) in [5.74, 6) is -0.0977. The highest BCUT2D eigenvalue weighted by Gasteiger charge is 2.36. The molecule has 0 bridgehead atoms. The Morgan fingerprint density at radius 2 is 2.00 bits per heavy atom. The quantitative estimate of drug-likeness (QED) is 0.876. The fourth-order valence-corrected chi connectivity index (χ4v) is 4.03. The number of benzene rings is 1. The summed E-state index contributed by atoms with van der Waals surface area (Å²) in [7, 11) is 0. The van der Waals surface area contributed by atoms with E-state index >= 15 is 0 Å². The fourth-order valence-electron chi connectivity index (χ4n) is 4.03. The monoisotopic (exact) mass is 343 g/mol. The first-order valence-corrected chi connectivity index (χ1v) is 8.78. The number of rotatable bonds is 2. The predicted molar refractivity (Wildman–Crippen MR) is 92.5 cm³/mol. The van der Waals surface area contributed by atoms with Gasteiger partial charge in [-0.25, -0.2) is 4.79 Å². The summed E-state index contributed by atoms with van der Waals surface area (Å²) in [6, 6.07) is 6.94. The van der Waals surface area contributed by atoms with E-state index in [1.807, 2.05) is 4.90 Å². The number of fused-ring (bicyclic) bond motifs is 2. The molecule has 2 fully saturated rings. The molecule has 1 saturated heterocycles. The molecule has 1 aromatic carbocycles. The van der Waals surface area contributed by atoms with Crippen LogP contribution in [0.2, 0.25) is 0 Å². The van der Waals surface area contributed by atoms with Crippen molar-refractivity contribution in [2.24, 2.45) is 0 Å². The van der Waals surface area contributed by atoms with Crippen molar-refractivity contribution in [3.63, 3.8) is 0 Å². The number of amides is 1. The molecule has 1 aromatic heterocycles. The van der Waals surface area contributed by atoms with Gasteiger partial charge >= 0.3 is 5.69 Å². The molecular weight excluding hydrogens is 322 g/mol. The highest BCUT2D eigenvalue weighted by atomic mass is 16.5. The number of aromatic nitrogens is 2. The molecule has 2 aliphatic rings. The van der Waals surface area contributed by atoms with E-state index in [0.29, 0.717) is 24.1 Å². The van der Waals surface area contributed by atoms with Gasteiger partial charge in [-0.3, -0.25) is 19.1 Å². The summed E-state index contributed by atoms with van der Waals surface area (Å²) < 4.78 is 7.17. The largest absolute Gasteiger partial charge is 0.374 e. The van der Waals surface area contributed by atoms with Gasteiger partial charge in [0.2, 0.25) is 5.91 Å². The Balaban J connectivity index is 1.66. The van der Waals surface area contributed by atoms with Gasteiger partial charge < -0.3 is 9.64 Å². The van der Waals surface area contributed by atoms with E-state index in [1.54, 1.807) is 24.3 Å². The molecule has 1 N–H and O–H groups in total. The number of hydrogen-bond donors (Lipinski definition) is 1. The molecule has 0 spiro atoms. The summed E-state index contributed by atoms with van der Waals surface area (Å²) >= 11 is 0. The number of nitrogens with one attached hydrogen (secondary N) is 1. The highest BCUT2D eigenvalue weighted by molar-refractivity contribution is 5.81. The minimum atomic E-state index is -0.550. The molecule has 7 heteroatoms. The molecule has 4 rings (SSSR count). The van der Waals surface area contributed by atoms with Gasteiger partial charge in [0.05, 0.1) is 29.7 Å². The Kier molecular flexibility index (Phi) is 4.17. The molecule has 2 atom stereocenters. The third kappa shape index (κ3) is 2.89. The maximum absolute atomic E-state index is 12.9. The van der Waals surface area contributed by atoms with Crippen LogP contribution in [0.15, 0.2) is 33.9 Å². The SMILES string of the molecule is O=C(Cn1c(=O)[nH]c(=O)c2ccccc21)N1CCO[C@@H]2CCCC[C@@H]21. The normalized spacial score (nSPS) is 23.4. The first kappa shape index (κ1) is 16.1. The number of carbonyl (C=O) groups excluding carboxylic acids is 1. The molecule has 1 saturated carbocycles. The maximum atomic E-state index is 12.9. The fraction of sp³-hybridized carbons (Fsp3) is 0.500. The zero-order valence-electron chi connectivity index (χ0n) is 13.9. The van der Waals surface area contributed by atoms with Crippen molar-refractivity contribution in [3.8, 4) is 0 Å². The molecule has 2 heterocycles. The Morgan fingerprint density at radius 3 is 2.88 bits per heavy atom. The van der Waals surface area contributed by atoms with Gasteiger partial charge in [0, 0.05) is 6.54 Å². The Bertz CT molecular complexity index is 914. The maximum Gasteiger partial charge on any atom is 0.329 e. The molecule has 132 valence electrons. The van der Waals surface area contributed by atoms with Gasteiger partial charge in [-0.15, -0.1) is 0 Å². The van der Waals surface area contributed by atoms with Crippen molar-refractivity contribution >= 4 is 16.8 Å². The van der Waals surface area contributed by atoms with Crippen molar-refractivity contribution in [3.05, 3.63) is 45.1 Å². The lowest BCUT2D eigenvalue weighted by atomic mass is 9.90. The van der Waals surface area contributed by atoms with Crippen LogP contribution in [0.1, 0.15) is 25.7 Å². The van der Waals surface area contributed by atoms with Gasteiger partial charge in [0.15, 0.2) is 0 Å². The lowest BCUT2D eigenvalue weighted by molar-refractivity contribution is -0.150. The first-order chi connectivity index (χ1) is 12.1. The van der Waals surface area contributed by atoms with E-state index in [-0.39, 0.29) is 24.6 Å². The molecular formula is C18H21N3O4. The summed E-state index contributed by atoms with van der Waals surface area (Å²) in [6.45, 7) is 1.02. The van der Waals surface area contributed by atoms with Crippen molar-refractivity contribution in [2.45, 2.75) is 44.4 Å². The predicted octanol–water partition coefficient (Wildman–Crippen LogP) is 0.860.